The van der Waals surface area contributed by atoms with Gasteiger partial charge in [0, 0.05) is 11.5 Å². The zero-order valence-electron chi connectivity index (χ0n) is 10.9. The molecule has 15 heavy (non-hydrogen) atoms. The zero-order valence-corrected chi connectivity index (χ0v) is 14.2. The second-order valence-electron chi connectivity index (χ2n) is 2.45. The molecule has 1 N–H and O–H groups in total. The van der Waals surface area contributed by atoms with Gasteiger partial charge in [-0.2, -0.15) is 11.8 Å². The first kappa shape index (κ1) is 17.8. The van der Waals surface area contributed by atoms with Gasteiger partial charge in [0.2, 0.25) is 0 Å². The Morgan fingerprint density at radius 2 is 1.60 bits per heavy atom. The minimum absolute atomic E-state index is 0. The van der Waals surface area contributed by atoms with Crippen LogP contribution in [0.5, 0.6) is 5.75 Å². The van der Waals surface area contributed by atoms with E-state index in [-0.39, 0.29) is 51.7 Å². The summed E-state index contributed by atoms with van der Waals surface area (Å²) < 4.78 is 0. The van der Waals surface area contributed by atoms with Gasteiger partial charge in [0.1, 0.15) is 5.75 Å². The Hall–Kier alpha value is 0.421. The van der Waals surface area contributed by atoms with E-state index in [0.717, 1.165) is 11.5 Å². The molecule has 0 spiro atoms. The number of thioether (sulfide) groups is 1. The van der Waals surface area contributed by atoms with Crippen LogP contribution < -0.4 is 0 Å². The summed E-state index contributed by atoms with van der Waals surface area (Å²) in [5, 5.41) is 8.63. The summed E-state index contributed by atoms with van der Waals surface area (Å²) in [5.74, 6) is 2.39. The first-order valence-corrected chi connectivity index (χ1v) is 5.50. The van der Waals surface area contributed by atoms with Crippen LogP contribution in [0.4, 0.5) is 0 Å². The minimum atomic E-state index is 0. The van der Waals surface area contributed by atoms with Crippen LogP contribution in [0.3, 0.4) is 0 Å². The van der Waals surface area contributed by atoms with Crippen molar-refractivity contribution in [1.82, 2.24) is 0 Å². The second-order valence-corrected chi connectivity index (χ2v) is 3.53. The number of phenols is 1. The molecule has 1 nitrogen and oxygen atoms in total. The van der Waals surface area contributed by atoms with Gasteiger partial charge in [0.15, 0.2) is 0 Å². The zero-order chi connectivity index (χ0) is 10.6. The number of hydrogen-bond acceptors (Lipinski definition) is 2. The van der Waals surface area contributed by atoms with Gasteiger partial charge in [-0.05, 0) is 12.1 Å². The monoisotopic (exact) mass is 348 g/mol. The summed E-state index contributed by atoms with van der Waals surface area (Å²) in [5.41, 5.74) is 0. The van der Waals surface area contributed by atoms with Crippen molar-refractivity contribution in [3.8, 4) is 5.75 Å². The third-order valence-corrected chi connectivity index (χ3v) is 2.17. The second kappa shape index (κ2) is 14.4. The van der Waals surface area contributed by atoms with Crippen molar-refractivity contribution >= 4 is 60.6 Å². The van der Waals surface area contributed by atoms with E-state index in [1.54, 1.807) is 24.3 Å². The molecule has 0 heterocycles. The van der Waals surface area contributed by atoms with Crippen LogP contribution in [-0.2, 0) is 0 Å². The molecular weight excluding hydrogens is 330 g/mol. The van der Waals surface area contributed by atoms with Gasteiger partial charge in [-0.25, -0.2) is 0 Å². The van der Waals surface area contributed by atoms with E-state index < -0.39 is 0 Å². The number of benzene rings is 1. The normalized spacial score (nSPS) is 7.73. The molecule has 1 aromatic rings. The Kier molecular flexibility index (Phi) is 17.1. The van der Waals surface area contributed by atoms with Gasteiger partial charge in [-0.15, -0.1) is 13.2 Å². The molecule has 0 saturated carbocycles. The number of phenolic OH excluding ortho intramolecular Hbond substituents is 1. The van der Waals surface area contributed by atoms with Crippen LogP contribution in [0.1, 0.15) is 2.85 Å². The number of aromatic hydroxyl groups is 1. The maximum absolute atomic E-state index is 8.63. The average Bonchev–Trinajstić information content (AvgIpc) is 2.21. The van der Waals surface area contributed by atoms with Crippen LogP contribution in [0.15, 0.2) is 55.6 Å². The maximum atomic E-state index is 8.63. The average molecular weight is 348 g/mol. The minimum Gasteiger partial charge on any atom is -1.00 e. The van der Waals surface area contributed by atoms with Crippen LogP contribution in [-0.4, -0.2) is 65.5 Å². The molecule has 0 atom stereocenters. The first-order valence-electron chi connectivity index (χ1n) is 4.34. The van der Waals surface area contributed by atoms with E-state index in [0.29, 0.717) is 5.75 Å². The van der Waals surface area contributed by atoms with Crippen LogP contribution >= 0.6 is 11.8 Å². The van der Waals surface area contributed by atoms with E-state index in [1.165, 1.54) is 0 Å². The molecule has 3 heteroatoms. The summed E-state index contributed by atoms with van der Waals surface area (Å²) in [7, 11) is 0. The predicted molar refractivity (Wildman–Crippen MR) is 73.8 cm³/mol. The van der Waals surface area contributed by atoms with Gasteiger partial charge < -0.3 is 7.96 Å². The fraction of sp³-hybridized carbons (Fsp3) is 0.167. The third kappa shape index (κ3) is 14.4. The molecule has 0 saturated heterocycles. The fourth-order valence-corrected chi connectivity index (χ4v) is 1.13. The van der Waals surface area contributed by atoms with Crippen LogP contribution in [0, 0.1) is 0 Å². The van der Waals surface area contributed by atoms with Crippen molar-refractivity contribution in [3.05, 3.63) is 55.6 Å². The Bertz CT molecular complexity index is 250. The maximum Gasteiger partial charge on any atom is 2.00 e. The molecule has 0 unspecified atom stereocenters. The van der Waals surface area contributed by atoms with Crippen LogP contribution in [0.2, 0.25) is 0 Å². The number of para-hydroxylation sites is 1. The molecule has 1 aromatic carbocycles. The molecule has 1 rings (SSSR count). The third-order valence-electron chi connectivity index (χ3n) is 1.23. The van der Waals surface area contributed by atoms with Gasteiger partial charge in [0.25, 0.3) is 0 Å². The molecule has 0 aliphatic rings. The van der Waals surface area contributed by atoms with Crippen molar-refractivity contribution in [3.63, 3.8) is 0 Å². The smallest absolute Gasteiger partial charge is 1.00 e. The Morgan fingerprint density at radius 1 is 1.13 bits per heavy atom. The van der Waals surface area contributed by atoms with Gasteiger partial charge in [-0.1, -0.05) is 30.4 Å². The quantitative estimate of drug-likeness (QED) is 0.512. The van der Waals surface area contributed by atoms with Crippen LogP contribution in [0.25, 0.3) is 0 Å². The molecule has 0 bridgehead atoms. The summed E-state index contributed by atoms with van der Waals surface area (Å²) in [6.07, 6.45) is 3.79. The number of hydrogen-bond donors (Lipinski definition) is 1. The van der Waals surface area contributed by atoms with Gasteiger partial charge in [-0.3, -0.25) is 0 Å². The molecule has 0 fully saturated rings. The van der Waals surface area contributed by atoms with Crippen molar-refractivity contribution < 1.29 is 7.96 Å². The number of rotatable bonds is 4. The SMILES string of the molecule is C=CCSCC=C.Oc1ccccc1.[Ba+2].[H-].[H-]. The molecule has 0 aliphatic heterocycles. The summed E-state index contributed by atoms with van der Waals surface area (Å²) in [4.78, 5) is 0. The van der Waals surface area contributed by atoms with Crippen molar-refractivity contribution in [2.24, 2.45) is 0 Å². The van der Waals surface area contributed by atoms with Crippen molar-refractivity contribution in [2.75, 3.05) is 11.5 Å². The first-order chi connectivity index (χ1) is 6.81. The van der Waals surface area contributed by atoms with Gasteiger partial charge in [0.05, 0.1) is 0 Å². The molecule has 0 radical (unpaired) electrons. The van der Waals surface area contributed by atoms with Gasteiger partial charge >= 0.3 is 48.9 Å². The standard InChI is InChI=1S/C6H6O.C6H10S.Ba.2H/c7-6-4-2-1-3-5-6;1-3-5-7-6-4-2;;;/h1-5,7H;3-4H,1-2,5-6H2;;;/q;;+2;2*-1. The van der Waals surface area contributed by atoms with Crippen molar-refractivity contribution in [2.45, 2.75) is 0 Å². The summed E-state index contributed by atoms with van der Waals surface area (Å²) in [6.45, 7) is 7.15. The van der Waals surface area contributed by atoms with Crippen molar-refractivity contribution in [1.29, 1.82) is 0 Å². The predicted octanol–water partition coefficient (Wildman–Crippen LogP) is 3.33. The van der Waals surface area contributed by atoms with E-state index in [4.69, 9.17) is 5.11 Å². The van der Waals surface area contributed by atoms with E-state index in [1.807, 2.05) is 30.0 Å². The topological polar surface area (TPSA) is 20.2 Å². The summed E-state index contributed by atoms with van der Waals surface area (Å²) in [6, 6.07) is 8.71. The molecule has 0 aromatic heterocycles. The largest absolute Gasteiger partial charge is 2.00 e. The molecule has 0 aliphatic carbocycles. The molecule has 0 amide bonds. The Labute approximate surface area is 140 Å². The Balaban J connectivity index is -0.0000000845. The molecule has 80 valence electrons. The van der Waals surface area contributed by atoms with E-state index in [2.05, 4.69) is 13.2 Å². The fourth-order valence-electron chi connectivity index (χ4n) is 0.663. The van der Waals surface area contributed by atoms with E-state index in [9.17, 15) is 0 Å². The Morgan fingerprint density at radius 3 is 1.87 bits per heavy atom. The molecular formula is C12H18BaOS. The van der Waals surface area contributed by atoms with E-state index >= 15 is 0 Å². The summed E-state index contributed by atoms with van der Waals surface area (Å²) >= 11 is 1.82.